The van der Waals surface area contributed by atoms with Crippen LogP contribution in [0.5, 0.6) is 0 Å². The number of halogens is 2. The van der Waals surface area contributed by atoms with Gasteiger partial charge in [0.05, 0.1) is 21.1 Å². The summed E-state index contributed by atoms with van der Waals surface area (Å²) in [7, 11) is -3.76. The van der Waals surface area contributed by atoms with Gasteiger partial charge in [0.15, 0.2) is 0 Å². The second kappa shape index (κ2) is 9.16. The van der Waals surface area contributed by atoms with E-state index in [9.17, 15) is 13.2 Å². The normalized spacial score (nSPS) is 15.5. The molecular formula is C21H22Cl2N4O3S. The van der Waals surface area contributed by atoms with Crippen molar-refractivity contribution in [2.24, 2.45) is 0 Å². The van der Waals surface area contributed by atoms with E-state index < -0.39 is 10.0 Å². The number of rotatable bonds is 6. The van der Waals surface area contributed by atoms with Gasteiger partial charge in [0, 0.05) is 39.0 Å². The SMILES string of the molecule is O=C(CCCc1nc2ccccc2[nH]1)N1CCN(S(=O)(=O)c2cccc(Cl)c2Cl)CC1. The number of aromatic amines is 1. The Kier molecular flexibility index (Phi) is 6.52. The van der Waals surface area contributed by atoms with Crippen LogP contribution < -0.4 is 0 Å². The molecule has 1 saturated heterocycles. The molecule has 3 aromatic rings. The lowest BCUT2D eigenvalue weighted by molar-refractivity contribution is -0.132. The minimum absolute atomic E-state index is 0.00715. The molecule has 2 aromatic carbocycles. The van der Waals surface area contributed by atoms with Gasteiger partial charge in [-0.3, -0.25) is 4.79 Å². The van der Waals surface area contributed by atoms with Crippen molar-refractivity contribution in [2.75, 3.05) is 26.2 Å². The second-order valence-corrected chi connectivity index (χ2v) is 10.1. The Morgan fingerprint density at radius 1 is 1.03 bits per heavy atom. The molecule has 1 fully saturated rings. The lowest BCUT2D eigenvalue weighted by Gasteiger charge is -2.34. The maximum atomic E-state index is 12.9. The Labute approximate surface area is 191 Å². The quantitative estimate of drug-likeness (QED) is 0.582. The van der Waals surface area contributed by atoms with Crippen LogP contribution in [0.3, 0.4) is 0 Å². The highest BCUT2D eigenvalue weighted by Crippen LogP contribution is 2.31. The highest BCUT2D eigenvalue weighted by molar-refractivity contribution is 7.89. The second-order valence-electron chi connectivity index (χ2n) is 7.39. The number of amides is 1. The van der Waals surface area contributed by atoms with Gasteiger partial charge in [0.1, 0.15) is 10.7 Å². The number of fused-ring (bicyclic) bond motifs is 1. The van der Waals surface area contributed by atoms with Crippen molar-refractivity contribution in [3.63, 3.8) is 0 Å². The number of hydrogen-bond donors (Lipinski definition) is 1. The zero-order valence-electron chi connectivity index (χ0n) is 16.7. The third kappa shape index (κ3) is 4.72. The lowest BCUT2D eigenvalue weighted by atomic mass is 10.2. The Morgan fingerprint density at radius 2 is 1.77 bits per heavy atom. The van der Waals surface area contributed by atoms with E-state index in [0.29, 0.717) is 32.4 Å². The summed E-state index contributed by atoms with van der Waals surface area (Å²) in [5.41, 5.74) is 1.90. The van der Waals surface area contributed by atoms with Crippen molar-refractivity contribution in [1.29, 1.82) is 0 Å². The van der Waals surface area contributed by atoms with Crippen LogP contribution >= 0.6 is 23.2 Å². The molecule has 2 heterocycles. The molecule has 0 bridgehead atoms. The van der Waals surface area contributed by atoms with Gasteiger partial charge in [-0.25, -0.2) is 13.4 Å². The largest absolute Gasteiger partial charge is 0.342 e. The zero-order valence-corrected chi connectivity index (χ0v) is 19.1. The van der Waals surface area contributed by atoms with Gasteiger partial charge in [-0.05, 0) is 30.7 Å². The van der Waals surface area contributed by atoms with Crippen LogP contribution in [0.4, 0.5) is 0 Å². The molecule has 0 atom stereocenters. The van der Waals surface area contributed by atoms with Crippen LogP contribution in [-0.2, 0) is 21.2 Å². The fraction of sp³-hybridized carbons (Fsp3) is 0.333. The van der Waals surface area contributed by atoms with Crippen LogP contribution in [0.2, 0.25) is 10.0 Å². The van der Waals surface area contributed by atoms with Crippen molar-refractivity contribution in [3.05, 3.63) is 58.3 Å². The molecule has 0 radical (unpaired) electrons. The van der Waals surface area contributed by atoms with Crippen LogP contribution in [0, 0.1) is 0 Å². The molecular weight excluding hydrogens is 459 g/mol. The number of carbonyl (C=O) groups excluding carboxylic acids is 1. The third-order valence-corrected chi connectivity index (χ3v) is 8.24. The number of aromatic nitrogens is 2. The molecule has 1 aliphatic rings. The van der Waals surface area contributed by atoms with E-state index in [1.54, 1.807) is 17.0 Å². The first-order chi connectivity index (χ1) is 14.9. The smallest absolute Gasteiger partial charge is 0.244 e. The van der Waals surface area contributed by atoms with Crippen LogP contribution in [0.25, 0.3) is 11.0 Å². The fourth-order valence-corrected chi connectivity index (χ4v) is 5.85. The maximum absolute atomic E-state index is 12.9. The Balaban J connectivity index is 1.30. The van der Waals surface area contributed by atoms with Gasteiger partial charge < -0.3 is 9.88 Å². The summed E-state index contributed by atoms with van der Waals surface area (Å²) in [5.74, 6) is 0.886. The van der Waals surface area contributed by atoms with E-state index in [2.05, 4.69) is 9.97 Å². The molecule has 0 unspecified atom stereocenters. The zero-order chi connectivity index (χ0) is 22.0. The monoisotopic (exact) mass is 480 g/mol. The van der Waals surface area contributed by atoms with Crippen LogP contribution in [0.1, 0.15) is 18.7 Å². The van der Waals surface area contributed by atoms with E-state index >= 15 is 0 Å². The number of imidazole rings is 1. The van der Waals surface area contributed by atoms with Gasteiger partial charge in [-0.15, -0.1) is 0 Å². The summed E-state index contributed by atoms with van der Waals surface area (Å²) in [6.45, 7) is 1.14. The standard InChI is InChI=1S/C21H22Cl2N4O3S/c22-15-5-3-8-18(21(15)23)31(29,30)27-13-11-26(12-14-27)20(28)10-4-9-19-24-16-6-1-2-7-17(16)25-19/h1-3,5-8H,4,9-14H2,(H,24,25). The summed E-state index contributed by atoms with van der Waals surface area (Å²) in [6.07, 6.45) is 1.75. The minimum Gasteiger partial charge on any atom is -0.342 e. The predicted octanol–water partition coefficient (Wildman–Crippen LogP) is 3.73. The van der Waals surface area contributed by atoms with Crippen molar-refractivity contribution in [2.45, 2.75) is 24.2 Å². The first kappa shape index (κ1) is 22.1. The van der Waals surface area contributed by atoms with Gasteiger partial charge in [-0.2, -0.15) is 4.31 Å². The Bertz CT molecular complexity index is 1170. The summed E-state index contributed by atoms with van der Waals surface area (Å²) >= 11 is 12.1. The van der Waals surface area contributed by atoms with E-state index in [1.165, 1.54) is 10.4 Å². The molecule has 10 heteroatoms. The molecule has 164 valence electrons. The molecule has 0 spiro atoms. The fourth-order valence-electron chi connectivity index (χ4n) is 3.69. The number of H-pyrrole nitrogens is 1. The number of nitrogens with one attached hydrogen (secondary N) is 1. The molecule has 1 N–H and O–H groups in total. The maximum Gasteiger partial charge on any atom is 0.244 e. The molecule has 1 aromatic heterocycles. The van der Waals surface area contributed by atoms with E-state index in [-0.39, 0.29) is 33.9 Å². The van der Waals surface area contributed by atoms with E-state index in [4.69, 9.17) is 23.2 Å². The van der Waals surface area contributed by atoms with Crippen LogP contribution in [0.15, 0.2) is 47.4 Å². The van der Waals surface area contributed by atoms with Crippen molar-refractivity contribution in [3.8, 4) is 0 Å². The number of para-hydroxylation sites is 2. The first-order valence-electron chi connectivity index (χ1n) is 10.0. The Morgan fingerprint density at radius 3 is 2.52 bits per heavy atom. The number of benzene rings is 2. The molecule has 7 nitrogen and oxygen atoms in total. The van der Waals surface area contributed by atoms with Gasteiger partial charge >= 0.3 is 0 Å². The lowest BCUT2D eigenvalue weighted by Crippen LogP contribution is -2.50. The molecule has 0 aliphatic carbocycles. The van der Waals surface area contributed by atoms with Gasteiger partial charge in [0.2, 0.25) is 15.9 Å². The van der Waals surface area contributed by atoms with Crippen molar-refractivity contribution < 1.29 is 13.2 Å². The molecule has 0 saturated carbocycles. The average Bonchev–Trinajstić information content (AvgIpc) is 3.18. The minimum atomic E-state index is -3.76. The highest BCUT2D eigenvalue weighted by atomic mass is 35.5. The summed E-state index contributed by atoms with van der Waals surface area (Å²) in [6, 6.07) is 12.4. The molecule has 4 rings (SSSR count). The van der Waals surface area contributed by atoms with Gasteiger partial charge in [-0.1, -0.05) is 41.4 Å². The summed E-state index contributed by atoms with van der Waals surface area (Å²) < 4.78 is 27.2. The highest BCUT2D eigenvalue weighted by Gasteiger charge is 2.31. The van der Waals surface area contributed by atoms with Crippen molar-refractivity contribution >= 4 is 50.2 Å². The average molecular weight is 481 g/mol. The predicted molar refractivity (Wildman–Crippen MR) is 121 cm³/mol. The summed E-state index contributed by atoms with van der Waals surface area (Å²) in [5, 5.41) is 0.217. The number of carbonyl (C=O) groups is 1. The van der Waals surface area contributed by atoms with E-state index in [0.717, 1.165) is 16.9 Å². The third-order valence-electron chi connectivity index (χ3n) is 5.37. The number of aryl methyl sites for hydroxylation is 1. The number of nitrogens with zero attached hydrogens (tertiary/aromatic N) is 3. The molecule has 31 heavy (non-hydrogen) atoms. The van der Waals surface area contributed by atoms with Crippen molar-refractivity contribution in [1.82, 2.24) is 19.2 Å². The number of sulfonamides is 1. The van der Waals surface area contributed by atoms with Crippen LogP contribution in [-0.4, -0.2) is 59.7 Å². The number of hydrogen-bond acceptors (Lipinski definition) is 4. The summed E-state index contributed by atoms with van der Waals surface area (Å²) in [4.78, 5) is 22.1. The molecule has 1 aliphatic heterocycles. The Hall–Kier alpha value is -2.13. The van der Waals surface area contributed by atoms with Gasteiger partial charge in [0.25, 0.3) is 0 Å². The topological polar surface area (TPSA) is 86.4 Å². The molecule has 1 amide bonds. The number of piperazine rings is 1. The van der Waals surface area contributed by atoms with E-state index in [1.807, 2.05) is 24.3 Å². The first-order valence-corrected chi connectivity index (χ1v) is 12.2.